The Kier molecular flexibility index (Phi) is 29.2. The molecule has 0 aliphatic carbocycles. The van der Waals surface area contributed by atoms with Crippen molar-refractivity contribution >= 4 is 81.9 Å². The molecule has 10 amide bonds. The highest BCUT2D eigenvalue weighted by Gasteiger charge is 2.38. The number of aromatic hydroxyl groups is 2. The molecule has 0 radical (unpaired) electrons. The molecule has 0 saturated carbocycles. The zero-order valence-corrected chi connectivity index (χ0v) is 54.8. The number of benzene rings is 4. The highest BCUT2D eigenvalue weighted by atomic mass is 16.4. The zero-order chi connectivity index (χ0) is 70.9. The maximum absolute atomic E-state index is 15.0. The first-order valence-corrected chi connectivity index (χ1v) is 31.7. The van der Waals surface area contributed by atoms with Gasteiger partial charge in [-0.05, 0) is 90.1 Å². The molecule has 21 N–H and O–H groups in total. The Bertz CT molecular complexity index is 3510. The first-order valence-electron chi connectivity index (χ1n) is 31.7. The van der Waals surface area contributed by atoms with Crippen molar-refractivity contribution in [2.24, 2.45) is 35.0 Å². The molecule has 0 unspecified atom stereocenters. The number of carbonyl (C=O) groups excluding carboxylic acids is 10. The second-order valence-electron chi connectivity index (χ2n) is 24.5. The van der Waals surface area contributed by atoms with Gasteiger partial charge in [-0.15, -0.1) is 0 Å². The SMILES string of the molecule is CC[C@H](C)[C@H](NC(=O)[C@H](Cc1ccc(O)cc1)NC(=O)[C@H](CC(N)=O)NC(=O)[C@H](Cc1c[nH]c2ccccc12)NC(=O)[C@@H](NC(=O)[C@H](Cc1ccccc1)NC(=O)[C@@H](NC(=O)[C@H](C)N)C(C)C)C(C)C)C(=O)N[C@@H](CCCNC(=N)N)C(=O)N[C@@H](Cc1ccc(O)cc1)C(=O)O. The number of H-pyrrole nitrogens is 1. The van der Waals surface area contributed by atoms with Crippen LogP contribution in [0.5, 0.6) is 11.5 Å². The number of nitrogens with one attached hydrogen (secondary N) is 12. The van der Waals surface area contributed by atoms with Crippen molar-refractivity contribution in [3.05, 3.63) is 132 Å². The van der Waals surface area contributed by atoms with Crippen molar-refractivity contribution in [1.82, 2.24) is 58.2 Å². The van der Waals surface area contributed by atoms with Gasteiger partial charge in [0.1, 0.15) is 65.9 Å². The standard InChI is InChI=1S/C67H91N15O14/c1-8-37(6)56(65(94)74-47(19-14-28-72-67(70)71)58(87)79-52(66(95)96)31-41-22-26-44(84)27-23-41)82-62(91)48(30-40-20-24-43(83)25-21-40)75-60(89)51(33-53(69)85)76-59(88)50(32-42-34-73-46-18-13-12-17-45(42)46)78-64(93)55(36(4)5)81-61(90)49(29-39-15-10-9-11-16-39)77-63(92)54(35(2)3)80-57(86)38(7)68/h9-13,15-18,20-27,34-38,47-52,54-56,73,83-84H,8,14,19,28-33,68H2,1-7H3,(H2,69,85)(H,74,94)(H,75,89)(H,76,88)(H,77,92)(H,78,93)(H,79,87)(H,80,86)(H,81,90)(H,82,91)(H,95,96)(H4,70,71,72)/t37-,38-,47-,48-,49-,50-,51-,52-,54-,55-,56-/m0/s1. The van der Waals surface area contributed by atoms with Crippen molar-refractivity contribution in [2.75, 3.05) is 6.54 Å². The normalized spacial score (nSPS) is 14.6. The summed E-state index contributed by atoms with van der Waals surface area (Å²) >= 11 is 0. The molecule has 4 aromatic carbocycles. The molecular weight excluding hydrogens is 1240 g/mol. The number of hydrogen-bond acceptors (Lipinski definition) is 15. The van der Waals surface area contributed by atoms with E-state index in [1.165, 1.54) is 55.5 Å². The van der Waals surface area contributed by atoms with Crippen LogP contribution in [0.4, 0.5) is 0 Å². The lowest BCUT2D eigenvalue weighted by Gasteiger charge is -2.30. The third kappa shape index (κ3) is 23.8. The Morgan fingerprint density at radius 2 is 0.885 bits per heavy atom. The highest BCUT2D eigenvalue weighted by Crippen LogP contribution is 2.21. The largest absolute Gasteiger partial charge is 0.508 e. The first kappa shape index (κ1) is 76.1. The zero-order valence-electron chi connectivity index (χ0n) is 54.8. The summed E-state index contributed by atoms with van der Waals surface area (Å²) in [5.41, 5.74) is 19.6. The summed E-state index contributed by atoms with van der Waals surface area (Å²) in [5.74, 6) is -12.8. The Morgan fingerprint density at radius 1 is 0.479 bits per heavy atom. The van der Waals surface area contributed by atoms with E-state index >= 15 is 0 Å². The number of primary amides is 1. The number of nitrogens with two attached hydrogens (primary N) is 3. The minimum Gasteiger partial charge on any atom is -0.508 e. The van der Waals surface area contributed by atoms with Gasteiger partial charge in [-0.1, -0.05) is 121 Å². The van der Waals surface area contributed by atoms with Crippen molar-refractivity contribution < 1.29 is 68.1 Å². The van der Waals surface area contributed by atoms with Gasteiger partial charge in [-0.2, -0.15) is 0 Å². The van der Waals surface area contributed by atoms with Gasteiger partial charge in [0.2, 0.25) is 59.1 Å². The quantitative estimate of drug-likeness (QED) is 0.0143. The molecule has 11 atom stereocenters. The van der Waals surface area contributed by atoms with E-state index in [0.29, 0.717) is 33.2 Å². The van der Waals surface area contributed by atoms with E-state index in [4.69, 9.17) is 22.6 Å². The van der Waals surface area contributed by atoms with Gasteiger partial charge >= 0.3 is 5.97 Å². The number of carbonyl (C=O) groups is 11. The van der Waals surface area contributed by atoms with Crippen molar-refractivity contribution in [3.63, 3.8) is 0 Å². The van der Waals surface area contributed by atoms with Crippen LogP contribution >= 0.6 is 0 Å². The predicted octanol–water partition coefficient (Wildman–Crippen LogP) is 0.141. The molecule has 0 fully saturated rings. The van der Waals surface area contributed by atoms with Gasteiger partial charge in [-0.25, -0.2) is 4.79 Å². The van der Waals surface area contributed by atoms with Crippen molar-refractivity contribution in [3.8, 4) is 11.5 Å². The number of rotatable bonds is 37. The first-order chi connectivity index (χ1) is 45.4. The van der Waals surface area contributed by atoms with Gasteiger partial charge in [0, 0.05) is 49.3 Å². The van der Waals surface area contributed by atoms with Gasteiger partial charge < -0.3 is 90.7 Å². The Labute approximate surface area is 556 Å². The minimum absolute atomic E-state index is 0.0519. The second kappa shape index (κ2) is 36.8. The third-order valence-corrected chi connectivity index (χ3v) is 16.0. The Morgan fingerprint density at radius 3 is 1.39 bits per heavy atom. The van der Waals surface area contributed by atoms with Crippen LogP contribution in [0.2, 0.25) is 0 Å². The Balaban J connectivity index is 1.45. The number of aliphatic carboxylic acids is 1. The van der Waals surface area contributed by atoms with E-state index in [1.807, 2.05) is 0 Å². The number of carboxylic acid groups (broad SMARTS) is 1. The number of carboxylic acids is 1. The number of phenolic OH excluding ortho intramolecular Hbond substituents is 2. The number of phenols is 2. The summed E-state index contributed by atoms with van der Waals surface area (Å²) in [4.78, 5) is 158. The fourth-order valence-electron chi connectivity index (χ4n) is 10.3. The number of hydrogen-bond donors (Lipinski definition) is 18. The maximum atomic E-state index is 15.0. The lowest BCUT2D eigenvalue weighted by atomic mass is 9.96. The highest BCUT2D eigenvalue weighted by molar-refractivity contribution is 6.00. The van der Waals surface area contributed by atoms with E-state index in [-0.39, 0.29) is 68.9 Å². The van der Waals surface area contributed by atoms with Crippen LogP contribution in [-0.2, 0) is 78.4 Å². The van der Waals surface area contributed by atoms with Crippen molar-refractivity contribution in [2.45, 2.75) is 160 Å². The maximum Gasteiger partial charge on any atom is 0.326 e. The second-order valence-corrected chi connectivity index (χ2v) is 24.5. The van der Waals surface area contributed by atoms with E-state index in [2.05, 4.69) is 58.2 Å². The van der Waals surface area contributed by atoms with Crippen LogP contribution in [0, 0.1) is 23.2 Å². The molecule has 29 heteroatoms. The average molecular weight is 1330 g/mol. The molecule has 29 nitrogen and oxygen atoms in total. The van der Waals surface area contributed by atoms with E-state index in [0.717, 1.165) is 0 Å². The molecule has 518 valence electrons. The summed E-state index contributed by atoms with van der Waals surface area (Å²) < 4.78 is 0. The molecule has 1 aromatic heterocycles. The number of fused-ring (bicyclic) bond motifs is 1. The van der Waals surface area contributed by atoms with E-state index in [1.54, 1.807) is 102 Å². The molecule has 96 heavy (non-hydrogen) atoms. The number of aromatic amines is 1. The predicted molar refractivity (Wildman–Crippen MR) is 357 cm³/mol. The number of amides is 10. The fourth-order valence-corrected chi connectivity index (χ4v) is 10.3. The molecule has 0 spiro atoms. The molecule has 5 aromatic rings. The third-order valence-electron chi connectivity index (χ3n) is 16.0. The fraction of sp³-hybridized carbons (Fsp3) is 0.433. The van der Waals surface area contributed by atoms with Gasteiger partial charge in [0.05, 0.1) is 12.5 Å². The molecular formula is C67H91N15O14. The molecule has 0 aliphatic heterocycles. The summed E-state index contributed by atoms with van der Waals surface area (Å²) in [6.07, 6.45) is 0.201. The number of guanidine groups is 1. The topological polar surface area (TPSA) is 486 Å². The van der Waals surface area contributed by atoms with Crippen molar-refractivity contribution in [1.29, 1.82) is 5.41 Å². The molecule has 5 rings (SSSR count). The molecule has 0 bridgehead atoms. The number of aromatic nitrogens is 1. The van der Waals surface area contributed by atoms with Gasteiger partial charge in [-0.3, -0.25) is 53.4 Å². The monoisotopic (exact) mass is 1330 g/mol. The molecule has 0 aliphatic rings. The Hall–Kier alpha value is -10.6. The van der Waals surface area contributed by atoms with Crippen LogP contribution in [-0.4, -0.2) is 158 Å². The van der Waals surface area contributed by atoms with Crippen LogP contribution in [0.25, 0.3) is 10.9 Å². The van der Waals surface area contributed by atoms with Crippen LogP contribution < -0.4 is 70.4 Å². The van der Waals surface area contributed by atoms with Crippen LogP contribution in [0.1, 0.15) is 96.4 Å². The molecule has 0 saturated heterocycles. The summed E-state index contributed by atoms with van der Waals surface area (Å²) in [6, 6.07) is 12.8. The number of para-hydroxylation sites is 1. The molecule has 1 heterocycles. The summed E-state index contributed by atoms with van der Waals surface area (Å²) in [5, 5.41) is 64.7. The van der Waals surface area contributed by atoms with Gasteiger partial charge in [0.15, 0.2) is 5.96 Å². The van der Waals surface area contributed by atoms with Crippen LogP contribution in [0.3, 0.4) is 0 Å². The van der Waals surface area contributed by atoms with Crippen LogP contribution in [0.15, 0.2) is 109 Å². The van der Waals surface area contributed by atoms with Gasteiger partial charge in [0.25, 0.3) is 0 Å². The summed E-state index contributed by atoms with van der Waals surface area (Å²) in [7, 11) is 0. The minimum atomic E-state index is -1.85. The average Bonchev–Trinajstić information content (AvgIpc) is 1.70. The van der Waals surface area contributed by atoms with E-state index in [9.17, 15) is 68.1 Å². The summed E-state index contributed by atoms with van der Waals surface area (Å²) in [6.45, 7) is 11.5. The lowest BCUT2D eigenvalue weighted by molar-refractivity contribution is -0.142. The van der Waals surface area contributed by atoms with E-state index < -0.39 is 150 Å². The lowest BCUT2D eigenvalue weighted by Crippen LogP contribution is -2.62. The smallest absolute Gasteiger partial charge is 0.326 e.